The quantitative estimate of drug-likeness (QED) is 0.302. The number of nitrogens with one attached hydrogen (secondary N) is 2. The van der Waals surface area contributed by atoms with Crippen LogP contribution >= 0.6 is 0 Å². The fraction of sp³-hybridized carbons (Fsp3) is 0.467. The van der Waals surface area contributed by atoms with Crippen molar-refractivity contribution in [1.29, 1.82) is 0 Å². The van der Waals surface area contributed by atoms with E-state index >= 15 is 0 Å². The number of carbonyl (C=O) groups is 2. The highest BCUT2D eigenvalue weighted by molar-refractivity contribution is 7.86. The Morgan fingerprint density at radius 2 is 1.19 bits per heavy atom. The van der Waals surface area contributed by atoms with Crippen LogP contribution in [-0.4, -0.2) is 62.4 Å². The van der Waals surface area contributed by atoms with Crippen molar-refractivity contribution in [3.63, 3.8) is 0 Å². The second-order valence-corrected chi connectivity index (χ2v) is 9.02. The molecule has 4 N–H and O–H groups in total. The average Bonchev–Trinajstić information content (AvgIpc) is 2.52. The fourth-order valence-electron chi connectivity index (χ4n) is 2.16. The zero-order valence-electron chi connectivity index (χ0n) is 14.6. The van der Waals surface area contributed by atoms with E-state index in [1.807, 2.05) is 0 Å². The molecular weight excluding hydrogens is 400 g/mol. The summed E-state index contributed by atoms with van der Waals surface area (Å²) < 4.78 is 59.8. The first kappa shape index (κ1) is 23.0. The highest BCUT2D eigenvalue weighted by atomic mass is 32.2. The number of amides is 2. The Hall–Kier alpha value is -2.02. The largest absolute Gasteiger partial charge is 0.352 e. The molecule has 0 radical (unpaired) electrons. The lowest BCUT2D eigenvalue weighted by Crippen LogP contribution is -2.28. The summed E-state index contributed by atoms with van der Waals surface area (Å²) >= 11 is 0. The molecule has 1 aromatic rings. The number of hydrogen-bond donors (Lipinski definition) is 4. The van der Waals surface area contributed by atoms with Gasteiger partial charge in [-0.2, -0.15) is 16.8 Å². The Kier molecular flexibility index (Phi) is 8.34. The molecule has 0 atom stereocenters. The summed E-state index contributed by atoms with van der Waals surface area (Å²) in [5, 5.41) is 4.99. The molecule has 0 saturated heterocycles. The molecule has 0 heterocycles. The van der Waals surface area contributed by atoms with Gasteiger partial charge in [-0.1, -0.05) is 0 Å². The van der Waals surface area contributed by atoms with Crippen LogP contribution in [0.4, 0.5) is 0 Å². The van der Waals surface area contributed by atoms with Crippen molar-refractivity contribution >= 4 is 32.1 Å². The highest BCUT2D eigenvalue weighted by Gasteiger charge is 2.13. The van der Waals surface area contributed by atoms with Crippen molar-refractivity contribution in [2.45, 2.75) is 19.8 Å². The average molecular weight is 422 g/mol. The van der Waals surface area contributed by atoms with Crippen molar-refractivity contribution in [1.82, 2.24) is 10.6 Å². The monoisotopic (exact) mass is 422 g/mol. The van der Waals surface area contributed by atoms with Crippen molar-refractivity contribution in [3.05, 3.63) is 34.9 Å². The van der Waals surface area contributed by atoms with Crippen LogP contribution in [0.25, 0.3) is 0 Å². The Morgan fingerprint density at radius 3 is 1.52 bits per heavy atom. The molecule has 0 aliphatic carbocycles. The summed E-state index contributed by atoms with van der Waals surface area (Å²) in [5.41, 5.74) is 1.04. The number of carbonyl (C=O) groups excluding carboxylic acids is 2. The number of benzene rings is 1. The van der Waals surface area contributed by atoms with Gasteiger partial charge in [0.25, 0.3) is 32.1 Å². The number of rotatable bonds is 10. The van der Waals surface area contributed by atoms with Gasteiger partial charge >= 0.3 is 0 Å². The third-order valence-electron chi connectivity index (χ3n) is 3.33. The summed E-state index contributed by atoms with van der Waals surface area (Å²) in [7, 11) is -8.18. The first-order chi connectivity index (χ1) is 12.4. The zero-order valence-corrected chi connectivity index (χ0v) is 16.3. The SMILES string of the molecule is Cc1cc(C(=O)NCCCS(=O)(=O)O)cc(C(=O)NCCCS(=O)(=O)O)c1. The van der Waals surface area contributed by atoms with E-state index in [1.54, 1.807) is 19.1 Å². The molecule has 0 fully saturated rings. The second kappa shape index (κ2) is 9.78. The molecule has 0 bridgehead atoms. The molecule has 0 spiro atoms. The lowest BCUT2D eigenvalue weighted by atomic mass is 10.1. The maximum atomic E-state index is 12.1. The summed E-state index contributed by atoms with van der Waals surface area (Å²) in [4.78, 5) is 24.2. The van der Waals surface area contributed by atoms with E-state index in [0.717, 1.165) is 0 Å². The van der Waals surface area contributed by atoms with E-state index in [4.69, 9.17) is 9.11 Å². The smallest absolute Gasteiger partial charge is 0.264 e. The lowest BCUT2D eigenvalue weighted by Gasteiger charge is -2.09. The number of hydrogen-bond acceptors (Lipinski definition) is 6. The molecule has 152 valence electrons. The van der Waals surface area contributed by atoms with Gasteiger partial charge in [-0.3, -0.25) is 18.7 Å². The first-order valence-corrected chi connectivity index (χ1v) is 11.2. The van der Waals surface area contributed by atoms with E-state index in [9.17, 15) is 26.4 Å². The molecule has 0 aromatic heterocycles. The maximum absolute atomic E-state index is 12.1. The van der Waals surface area contributed by atoms with Gasteiger partial charge in [0.05, 0.1) is 11.5 Å². The molecular formula is C15H22N2O8S2. The van der Waals surface area contributed by atoms with Gasteiger partial charge in [0.2, 0.25) is 0 Å². The van der Waals surface area contributed by atoms with Crippen molar-refractivity contribution in [3.8, 4) is 0 Å². The highest BCUT2D eigenvalue weighted by Crippen LogP contribution is 2.10. The predicted molar refractivity (Wildman–Crippen MR) is 97.9 cm³/mol. The summed E-state index contributed by atoms with van der Waals surface area (Å²) in [6.45, 7) is 1.75. The Balaban J connectivity index is 2.64. The van der Waals surface area contributed by atoms with Crippen LogP contribution < -0.4 is 10.6 Å². The molecule has 0 unspecified atom stereocenters. The fourth-order valence-corrected chi connectivity index (χ4v) is 3.18. The Bertz CT molecular complexity index is 824. The first-order valence-electron chi connectivity index (χ1n) is 7.96. The van der Waals surface area contributed by atoms with E-state index in [1.165, 1.54) is 6.07 Å². The van der Waals surface area contributed by atoms with Gasteiger partial charge in [-0.15, -0.1) is 0 Å². The lowest BCUT2D eigenvalue weighted by molar-refractivity contribution is 0.0953. The molecule has 0 aliphatic heterocycles. The maximum Gasteiger partial charge on any atom is 0.264 e. The normalized spacial score (nSPS) is 11.8. The van der Waals surface area contributed by atoms with Gasteiger partial charge in [-0.25, -0.2) is 0 Å². The molecule has 0 aliphatic rings. The van der Waals surface area contributed by atoms with Crippen LogP contribution in [0.5, 0.6) is 0 Å². The third kappa shape index (κ3) is 10.0. The van der Waals surface area contributed by atoms with E-state index in [2.05, 4.69) is 10.6 Å². The summed E-state index contributed by atoms with van der Waals surface area (Å²) in [5.74, 6) is -1.96. The van der Waals surface area contributed by atoms with Gasteiger partial charge in [-0.05, 0) is 43.5 Å². The van der Waals surface area contributed by atoms with Crippen LogP contribution in [-0.2, 0) is 20.2 Å². The minimum Gasteiger partial charge on any atom is -0.352 e. The molecule has 1 aromatic carbocycles. The molecule has 10 nitrogen and oxygen atoms in total. The summed E-state index contributed by atoms with van der Waals surface area (Å²) in [6.07, 6.45) is 0.0784. The molecule has 12 heteroatoms. The zero-order chi connectivity index (χ0) is 20.7. The van der Waals surface area contributed by atoms with Crippen molar-refractivity contribution < 1.29 is 35.5 Å². The van der Waals surface area contributed by atoms with Gasteiger partial charge in [0, 0.05) is 24.2 Å². The molecule has 1 rings (SSSR count). The van der Waals surface area contributed by atoms with Crippen LogP contribution in [0.2, 0.25) is 0 Å². The minimum absolute atomic E-state index is 0.0315. The van der Waals surface area contributed by atoms with Gasteiger partial charge in [0.1, 0.15) is 0 Å². The second-order valence-electron chi connectivity index (χ2n) is 5.88. The third-order valence-corrected chi connectivity index (χ3v) is 4.94. The number of aryl methyl sites for hydroxylation is 1. The molecule has 0 saturated carbocycles. The summed E-state index contributed by atoms with van der Waals surface area (Å²) in [6, 6.07) is 4.45. The van der Waals surface area contributed by atoms with Gasteiger partial charge in [0.15, 0.2) is 0 Å². The van der Waals surface area contributed by atoms with Crippen LogP contribution in [0.3, 0.4) is 0 Å². The van der Waals surface area contributed by atoms with E-state index < -0.39 is 43.6 Å². The van der Waals surface area contributed by atoms with E-state index in [-0.39, 0.29) is 37.1 Å². The van der Waals surface area contributed by atoms with Crippen LogP contribution in [0.1, 0.15) is 39.1 Å². The molecule has 2 amide bonds. The predicted octanol–water partition coefficient (Wildman–Crippen LogP) is 0.0104. The topological polar surface area (TPSA) is 167 Å². The Morgan fingerprint density at radius 1 is 0.815 bits per heavy atom. The van der Waals surface area contributed by atoms with Crippen molar-refractivity contribution in [2.75, 3.05) is 24.6 Å². The van der Waals surface area contributed by atoms with Crippen molar-refractivity contribution in [2.24, 2.45) is 0 Å². The molecule has 27 heavy (non-hydrogen) atoms. The Labute approximate surface area is 157 Å². The minimum atomic E-state index is -4.09. The van der Waals surface area contributed by atoms with Crippen LogP contribution in [0, 0.1) is 6.92 Å². The van der Waals surface area contributed by atoms with Gasteiger partial charge < -0.3 is 10.6 Å². The van der Waals surface area contributed by atoms with E-state index in [0.29, 0.717) is 5.56 Å². The standard InChI is InChI=1S/C15H22N2O8S2/c1-11-8-12(14(18)16-4-2-6-26(20,21)22)10-13(9-11)15(19)17-5-3-7-27(23,24)25/h8-10H,2-7H2,1H3,(H,16,18)(H,17,19)(H,20,21,22)(H,23,24,25). The van der Waals surface area contributed by atoms with Crippen LogP contribution in [0.15, 0.2) is 18.2 Å².